The number of rotatable bonds is 7. The van der Waals surface area contributed by atoms with Gasteiger partial charge in [0.1, 0.15) is 0 Å². The van der Waals surface area contributed by atoms with Crippen LogP contribution >= 0.6 is 24.2 Å². The maximum absolute atomic E-state index is 12.0. The molecule has 2 N–H and O–H groups in total. The lowest BCUT2D eigenvalue weighted by Crippen LogP contribution is -2.18. The number of nitrogens with zero attached hydrogens (tertiary/aromatic N) is 1. The molecule has 22 heavy (non-hydrogen) atoms. The lowest BCUT2D eigenvalue weighted by molar-refractivity contribution is -0.113. The zero-order valence-corrected chi connectivity index (χ0v) is 14.0. The van der Waals surface area contributed by atoms with E-state index >= 15 is 0 Å². The van der Waals surface area contributed by atoms with Crippen LogP contribution < -0.4 is 10.6 Å². The Kier molecular flexibility index (Phi) is 8.58. The van der Waals surface area contributed by atoms with Crippen LogP contribution in [0.3, 0.4) is 0 Å². The smallest absolute Gasteiger partial charge is 0.234 e. The molecule has 0 aliphatic heterocycles. The van der Waals surface area contributed by atoms with Crippen LogP contribution in [0.5, 0.6) is 0 Å². The number of pyridine rings is 1. The fourth-order valence-corrected chi connectivity index (χ4v) is 2.51. The van der Waals surface area contributed by atoms with Gasteiger partial charge in [0.05, 0.1) is 5.75 Å². The second-order valence-electron chi connectivity index (χ2n) is 4.46. The molecule has 0 unspecified atom stereocenters. The number of halogens is 1. The monoisotopic (exact) mass is 337 g/mol. The third-order valence-corrected chi connectivity index (χ3v) is 3.89. The van der Waals surface area contributed by atoms with Gasteiger partial charge in [0.2, 0.25) is 5.91 Å². The molecule has 0 bridgehead atoms. The first-order valence-corrected chi connectivity index (χ1v) is 7.89. The summed E-state index contributed by atoms with van der Waals surface area (Å²) in [5, 5.41) is 6.25. The normalized spacial score (nSPS) is 9.86. The van der Waals surface area contributed by atoms with Crippen molar-refractivity contribution in [1.82, 2.24) is 10.3 Å². The quantitative estimate of drug-likeness (QED) is 0.761. The molecular weight excluding hydrogens is 318 g/mol. The molecule has 4 nitrogen and oxygen atoms in total. The van der Waals surface area contributed by atoms with Crippen molar-refractivity contribution in [2.45, 2.75) is 18.4 Å². The van der Waals surface area contributed by atoms with E-state index in [1.807, 2.05) is 36.4 Å². The molecule has 0 fully saturated rings. The Balaban J connectivity index is 0.00000242. The Morgan fingerprint density at radius 2 is 1.91 bits per heavy atom. The van der Waals surface area contributed by atoms with Gasteiger partial charge < -0.3 is 10.6 Å². The first-order chi connectivity index (χ1) is 10.3. The average molecular weight is 338 g/mol. The molecule has 1 aromatic heterocycles. The fraction of sp³-hybridized carbons (Fsp3) is 0.250. The molecule has 0 aliphatic carbocycles. The third kappa shape index (κ3) is 6.05. The van der Waals surface area contributed by atoms with Gasteiger partial charge in [-0.25, -0.2) is 0 Å². The second-order valence-corrected chi connectivity index (χ2v) is 5.51. The van der Waals surface area contributed by atoms with Crippen molar-refractivity contribution in [2.75, 3.05) is 17.6 Å². The molecule has 1 aromatic carbocycles. The van der Waals surface area contributed by atoms with Gasteiger partial charge in [-0.3, -0.25) is 9.78 Å². The lowest BCUT2D eigenvalue weighted by atomic mass is 10.1. The van der Waals surface area contributed by atoms with Crippen LogP contribution in [0.4, 0.5) is 5.69 Å². The molecule has 2 aromatic rings. The molecule has 0 aliphatic rings. The molecule has 1 heterocycles. The predicted molar refractivity (Wildman–Crippen MR) is 94.7 cm³/mol. The highest BCUT2D eigenvalue weighted by molar-refractivity contribution is 8.00. The van der Waals surface area contributed by atoms with Crippen LogP contribution in [0, 0.1) is 0 Å². The Morgan fingerprint density at radius 1 is 1.18 bits per heavy atom. The van der Waals surface area contributed by atoms with Crippen molar-refractivity contribution >= 4 is 35.8 Å². The number of aromatic nitrogens is 1. The summed E-state index contributed by atoms with van der Waals surface area (Å²) in [7, 11) is 0. The van der Waals surface area contributed by atoms with Crippen molar-refractivity contribution < 1.29 is 4.79 Å². The summed E-state index contributed by atoms with van der Waals surface area (Å²) in [6.45, 7) is 3.72. The van der Waals surface area contributed by atoms with Crippen LogP contribution in [0.2, 0.25) is 0 Å². The molecule has 0 radical (unpaired) electrons. The third-order valence-electron chi connectivity index (χ3n) is 2.88. The first-order valence-electron chi connectivity index (χ1n) is 6.91. The number of thioether (sulfide) groups is 1. The molecule has 0 saturated carbocycles. The number of carbonyl (C=O) groups is 1. The maximum Gasteiger partial charge on any atom is 0.234 e. The lowest BCUT2D eigenvalue weighted by Gasteiger charge is -2.11. The van der Waals surface area contributed by atoms with Gasteiger partial charge in [-0.05, 0) is 30.3 Å². The summed E-state index contributed by atoms with van der Waals surface area (Å²) in [5.74, 6) is 0.389. The number of amides is 1. The van der Waals surface area contributed by atoms with Crippen molar-refractivity contribution in [1.29, 1.82) is 0 Å². The number of hydrogen-bond donors (Lipinski definition) is 2. The summed E-state index contributed by atoms with van der Waals surface area (Å²) in [6.07, 6.45) is 3.46. The van der Waals surface area contributed by atoms with Gasteiger partial charge in [0, 0.05) is 29.5 Å². The van der Waals surface area contributed by atoms with Crippen molar-refractivity contribution in [3.63, 3.8) is 0 Å². The van der Waals surface area contributed by atoms with Crippen LogP contribution in [0.15, 0.2) is 53.7 Å². The van der Waals surface area contributed by atoms with E-state index in [1.165, 1.54) is 11.8 Å². The SMILES string of the molecule is CCNCc1ccccc1NC(=O)CSc1ccncc1.Cl. The van der Waals surface area contributed by atoms with E-state index in [0.717, 1.165) is 29.2 Å². The zero-order chi connectivity index (χ0) is 14.9. The Hall–Kier alpha value is -1.56. The Labute approximate surface area is 141 Å². The predicted octanol–water partition coefficient (Wildman–Crippen LogP) is 3.34. The van der Waals surface area contributed by atoms with E-state index in [1.54, 1.807) is 12.4 Å². The maximum atomic E-state index is 12.0. The number of anilines is 1. The van der Waals surface area contributed by atoms with Gasteiger partial charge in [-0.15, -0.1) is 24.2 Å². The molecule has 6 heteroatoms. The molecule has 2 rings (SSSR count). The molecular formula is C16H20ClN3OS. The van der Waals surface area contributed by atoms with Gasteiger partial charge in [0.15, 0.2) is 0 Å². The topological polar surface area (TPSA) is 54.0 Å². The van der Waals surface area contributed by atoms with Crippen molar-refractivity contribution in [2.24, 2.45) is 0 Å². The number of nitrogens with one attached hydrogen (secondary N) is 2. The van der Waals surface area contributed by atoms with Crippen LogP contribution in [-0.4, -0.2) is 23.2 Å². The van der Waals surface area contributed by atoms with Gasteiger partial charge >= 0.3 is 0 Å². The number of hydrogen-bond acceptors (Lipinski definition) is 4. The zero-order valence-electron chi connectivity index (χ0n) is 12.4. The van der Waals surface area contributed by atoms with E-state index in [0.29, 0.717) is 5.75 Å². The molecule has 1 amide bonds. The molecule has 0 saturated heterocycles. The van der Waals surface area contributed by atoms with E-state index in [-0.39, 0.29) is 18.3 Å². The van der Waals surface area contributed by atoms with E-state index in [2.05, 4.69) is 22.5 Å². The number of para-hydroxylation sites is 1. The summed E-state index contributed by atoms with van der Waals surface area (Å²) >= 11 is 1.50. The first kappa shape index (κ1) is 18.5. The molecule has 118 valence electrons. The van der Waals surface area contributed by atoms with Crippen LogP contribution in [0.25, 0.3) is 0 Å². The van der Waals surface area contributed by atoms with Crippen LogP contribution in [0.1, 0.15) is 12.5 Å². The Morgan fingerprint density at radius 3 is 2.64 bits per heavy atom. The van der Waals surface area contributed by atoms with E-state index in [9.17, 15) is 4.79 Å². The minimum absolute atomic E-state index is 0. The molecule has 0 spiro atoms. The van der Waals surface area contributed by atoms with Gasteiger partial charge in [-0.1, -0.05) is 25.1 Å². The Bertz CT molecular complexity index is 581. The fourth-order valence-electron chi connectivity index (χ4n) is 1.83. The highest BCUT2D eigenvalue weighted by atomic mass is 35.5. The summed E-state index contributed by atoms with van der Waals surface area (Å²) in [6, 6.07) is 11.7. The summed E-state index contributed by atoms with van der Waals surface area (Å²) in [5.41, 5.74) is 1.97. The standard InChI is InChI=1S/C16H19N3OS.ClH/c1-2-17-11-13-5-3-4-6-15(13)19-16(20)12-21-14-7-9-18-10-8-14;/h3-10,17H,2,11-12H2,1H3,(H,19,20);1H. The van der Waals surface area contributed by atoms with E-state index in [4.69, 9.17) is 0 Å². The van der Waals surface area contributed by atoms with Crippen molar-refractivity contribution in [3.8, 4) is 0 Å². The summed E-state index contributed by atoms with van der Waals surface area (Å²) in [4.78, 5) is 17.0. The van der Waals surface area contributed by atoms with E-state index < -0.39 is 0 Å². The second kappa shape index (κ2) is 10.2. The highest BCUT2D eigenvalue weighted by Gasteiger charge is 2.07. The minimum atomic E-state index is 0. The minimum Gasteiger partial charge on any atom is -0.325 e. The average Bonchev–Trinajstić information content (AvgIpc) is 2.53. The molecule has 0 atom stereocenters. The van der Waals surface area contributed by atoms with Crippen molar-refractivity contribution in [3.05, 3.63) is 54.4 Å². The van der Waals surface area contributed by atoms with Gasteiger partial charge in [-0.2, -0.15) is 0 Å². The van der Waals surface area contributed by atoms with Crippen LogP contribution in [-0.2, 0) is 11.3 Å². The number of carbonyl (C=O) groups excluding carboxylic acids is 1. The highest BCUT2D eigenvalue weighted by Crippen LogP contribution is 2.18. The summed E-state index contributed by atoms with van der Waals surface area (Å²) < 4.78 is 0. The largest absolute Gasteiger partial charge is 0.325 e. The number of benzene rings is 1. The van der Waals surface area contributed by atoms with Gasteiger partial charge in [0.25, 0.3) is 0 Å².